The molecule has 0 spiro atoms. The van der Waals surface area contributed by atoms with Gasteiger partial charge in [-0.05, 0) is 51.6 Å². The summed E-state index contributed by atoms with van der Waals surface area (Å²) in [6.07, 6.45) is 0. The Kier molecular flexibility index (Phi) is 3.58. The standard InChI is InChI=1S/C22H14BrNS/c23-17-10-6-14-21-22(17)24(19-11-3-4-13-20(19)25-21)18-12-5-8-15-7-1-2-9-16(15)18/h1-14H. The Morgan fingerprint density at radius 3 is 2.28 bits per heavy atom. The Balaban J connectivity index is 1.87. The van der Waals surface area contributed by atoms with Crippen LogP contribution < -0.4 is 4.90 Å². The lowest BCUT2D eigenvalue weighted by molar-refractivity contribution is 1.16. The molecule has 0 bridgehead atoms. The molecule has 4 aromatic carbocycles. The third kappa shape index (κ3) is 2.38. The van der Waals surface area contributed by atoms with Crippen molar-refractivity contribution in [2.75, 3.05) is 4.90 Å². The summed E-state index contributed by atoms with van der Waals surface area (Å²) in [4.78, 5) is 4.93. The molecular weight excluding hydrogens is 390 g/mol. The van der Waals surface area contributed by atoms with Gasteiger partial charge in [-0.15, -0.1) is 0 Å². The van der Waals surface area contributed by atoms with E-state index >= 15 is 0 Å². The van der Waals surface area contributed by atoms with Crippen molar-refractivity contribution in [3.8, 4) is 0 Å². The molecule has 120 valence electrons. The van der Waals surface area contributed by atoms with Crippen LogP contribution in [0, 0.1) is 0 Å². The smallest absolute Gasteiger partial charge is 0.0743 e. The second-order valence-electron chi connectivity index (χ2n) is 5.99. The zero-order valence-electron chi connectivity index (χ0n) is 13.3. The minimum Gasteiger partial charge on any atom is -0.306 e. The molecular formula is C22H14BrNS. The van der Waals surface area contributed by atoms with Crippen LogP contribution in [0.1, 0.15) is 0 Å². The second kappa shape index (κ2) is 5.94. The van der Waals surface area contributed by atoms with E-state index in [9.17, 15) is 0 Å². The Bertz CT molecular complexity index is 1100. The number of benzene rings is 4. The zero-order chi connectivity index (χ0) is 16.8. The highest BCUT2D eigenvalue weighted by atomic mass is 79.9. The molecule has 0 aliphatic carbocycles. The van der Waals surface area contributed by atoms with Crippen molar-refractivity contribution in [2.24, 2.45) is 0 Å². The summed E-state index contributed by atoms with van der Waals surface area (Å²) in [5, 5.41) is 2.51. The van der Waals surface area contributed by atoms with Crippen molar-refractivity contribution in [3.05, 3.63) is 89.4 Å². The second-order valence-corrected chi connectivity index (χ2v) is 7.93. The molecule has 1 aliphatic heterocycles. The van der Waals surface area contributed by atoms with Gasteiger partial charge in [-0.1, -0.05) is 66.4 Å². The fourth-order valence-electron chi connectivity index (χ4n) is 3.42. The molecule has 0 unspecified atom stereocenters. The van der Waals surface area contributed by atoms with Crippen LogP contribution in [0.2, 0.25) is 0 Å². The van der Waals surface area contributed by atoms with Crippen LogP contribution in [0.5, 0.6) is 0 Å². The normalized spacial score (nSPS) is 12.8. The lowest BCUT2D eigenvalue weighted by atomic mass is 10.1. The number of fused-ring (bicyclic) bond motifs is 3. The summed E-state index contributed by atoms with van der Waals surface area (Å²) in [7, 11) is 0. The molecule has 25 heavy (non-hydrogen) atoms. The van der Waals surface area contributed by atoms with Gasteiger partial charge in [-0.3, -0.25) is 0 Å². The van der Waals surface area contributed by atoms with Gasteiger partial charge in [0.1, 0.15) is 0 Å². The molecule has 1 aliphatic rings. The number of rotatable bonds is 1. The van der Waals surface area contributed by atoms with Gasteiger partial charge in [0.15, 0.2) is 0 Å². The SMILES string of the molecule is Brc1cccc2c1N(c1cccc3ccccc13)c1ccccc1S2. The minimum absolute atomic E-state index is 1.11. The first kappa shape index (κ1) is 15.1. The first-order valence-electron chi connectivity index (χ1n) is 8.16. The van der Waals surface area contributed by atoms with Gasteiger partial charge >= 0.3 is 0 Å². The van der Waals surface area contributed by atoms with Crippen LogP contribution in [0.15, 0.2) is 99.2 Å². The third-order valence-corrected chi connectivity index (χ3v) is 6.26. The lowest BCUT2D eigenvalue weighted by Crippen LogP contribution is -2.15. The Morgan fingerprint density at radius 1 is 0.640 bits per heavy atom. The van der Waals surface area contributed by atoms with Gasteiger partial charge < -0.3 is 4.90 Å². The number of hydrogen-bond acceptors (Lipinski definition) is 2. The molecule has 3 heteroatoms. The van der Waals surface area contributed by atoms with E-state index < -0.39 is 0 Å². The molecule has 1 heterocycles. The Morgan fingerprint density at radius 2 is 1.32 bits per heavy atom. The maximum absolute atomic E-state index is 3.78. The highest BCUT2D eigenvalue weighted by Crippen LogP contribution is 2.54. The fourth-order valence-corrected chi connectivity index (χ4v) is 5.18. The monoisotopic (exact) mass is 403 g/mol. The summed E-state index contributed by atoms with van der Waals surface area (Å²) in [5.74, 6) is 0. The van der Waals surface area contributed by atoms with Crippen molar-refractivity contribution < 1.29 is 0 Å². The van der Waals surface area contributed by atoms with Crippen LogP contribution in [0.25, 0.3) is 10.8 Å². The first-order chi connectivity index (χ1) is 12.3. The molecule has 0 radical (unpaired) electrons. The molecule has 0 N–H and O–H groups in total. The fraction of sp³-hybridized carbons (Fsp3) is 0. The molecule has 0 atom stereocenters. The number of anilines is 3. The summed E-state index contributed by atoms with van der Waals surface area (Å²) in [6.45, 7) is 0. The van der Waals surface area contributed by atoms with Crippen LogP contribution in [-0.2, 0) is 0 Å². The molecule has 1 nitrogen and oxygen atoms in total. The number of hydrogen-bond donors (Lipinski definition) is 0. The lowest BCUT2D eigenvalue weighted by Gasteiger charge is -2.34. The average molecular weight is 404 g/mol. The maximum Gasteiger partial charge on any atom is 0.0743 e. The van der Waals surface area contributed by atoms with E-state index in [4.69, 9.17) is 0 Å². The summed E-state index contributed by atoms with van der Waals surface area (Å²) in [6, 6.07) is 30.1. The zero-order valence-corrected chi connectivity index (χ0v) is 15.7. The van der Waals surface area contributed by atoms with E-state index in [2.05, 4.69) is 106 Å². The predicted molar refractivity (Wildman–Crippen MR) is 110 cm³/mol. The van der Waals surface area contributed by atoms with Gasteiger partial charge in [0.05, 0.1) is 17.1 Å². The molecule has 4 aromatic rings. The number of halogens is 1. The topological polar surface area (TPSA) is 3.24 Å². The highest BCUT2D eigenvalue weighted by molar-refractivity contribution is 9.10. The van der Waals surface area contributed by atoms with Crippen molar-refractivity contribution in [1.82, 2.24) is 0 Å². The van der Waals surface area contributed by atoms with Gasteiger partial charge in [0.25, 0.3) is 0 Å². The molecule has 0 fully saturated rings. The number of para-hydroxylation sites is 2. The van der Waals surface area contributed by atoms with Crippen molar-refractivity contribution in [3.63, 3.8) is 0 Å². The highest BCUT2D eigenvalue weighted by Gasteiger charge is 2.27. The van der Waals surface area contributed by atoms with Crippen LogP contribution in [-0.4, -0.2) is 0 Å². The molecule has 0 aromatic heterocycles. The van der Waals surface area contributed by atoms with Crippen LogP contribution >= 0.6 is 27.7 Å². The Hall–Kier alpha value is -2.23. The van der Waals surface area contributed by atoms with Gasteiger partial charge in [0, 0.05) is 19.6 Å². The van der Waals surface area contributed by atoms with Gasteiger partial charge in [-0.2, -0.15) is 0 Å². The van der Waals surface area contributed by atoms with Crippen LogP contribution in [0.3, 0.4) is 0 Å². The summed E-state index contributed by atoms with van der Waals surface area (Å²) in [5.41, 5.74) is 3.64. The van der Waals surface area contributed by atoms with E-state index in [0.29, 0.717) is 0 Å². The minimum atomic E-state index is 1.11. The van der Waals surface area contributed by atoms with E-state index in [-0.39, 0.29) is 0 Å². The summed E-state index contributed by atoms with van der Waals surface area (Å²) < 4.78 is 1.11. The molecule has 0 amide bonds. The quantitative estimate of drug-likeness (QED) is 0.284. The van der Waals surface area contributed by atoms with E-state index in [0.717, 1.165) is 4.47 Å². The third-order valence-electron chi connectivity index (χ3n) is 4.51. The van der Waals surface area contributed by atoms with Crippen molar-refractivity contribution in [1.29, 1.82) is 0 Å². The van der Waals surface area contributed by atoms with E-state index in [1.807, 2.05) is 11.8 Å². The first-order valence-corrected chi connectivity index (χ1v) is 9.77. The van der Waals surface area contributed by atoms with E-state index in [1.54, 1.807) is 0 Å². The maximum atomic E-state index is 3.78. The van der Waals surface area contributed by atoms with E-state index in [1.165, 1.54) is 37.6 Å². The molecule has 0 saturated carbocycles. The average Bonchev–Trinajstić information content (AvgIpc) is 2.66. The van der Waals surface area contributed by atoms with Crippen molar-refractivity contribution in [2.45, 2.75) is 9.79 Å². The van der Waals surface area contributed by atoms with Gasteiger partial charge in [0.2, 0.25) is 0 Å². The summed E-state index contributed by atoms with van der Waals surface area (Å²) >= 11 is 5.61. The van der Waals surface area contributed by atoms with Crippen LogP contribution in [0.4, 0.5) is 17.1 Å². The molecule has 0 saturated heterocycles. The largest absolute Gasteiger partial charge is 0.306 e. The molecule has 5 rings (SSSR count). The predicted octanol–water partition coefficient (Wildman–Crippen LogP) is 7.54. The number of nitrogens with zero attached hydrogens (tertiary/aromatic N) is 1. The Labute approximate surface area is 159 Å². The van der Waals surface area contributed by atoms with Crippen molar-refractivity contribution >= 4 is 55.5 Å². The van der Waals surface area contributed by atoms with Gasteiger partial charge in [-0.25, -0.2) is 0 Å².